The van der Waals surface area contributed by atoms with Crippen LogP contribution in [0, 0.1) is 0 Å². The Morgan fingerprint density at radius 1 is 0.966 bits per heavy atom. The Morgan fingerprint density at radius 3 is 2.52 bits per heavy atom. The third-order valence-corrected chi connectivity index (χ3v) is 4.57. The number of unbranched alkanes of at least 4 members (excludes halogenated alkanes) is 1. The number of rotatable bonds is 11. The molecule has 3 rings (SSSR count). The van der Waals surface area contributed by atoms with Gasteiger partial charge in [0.25, 0.3) is 0 Å². The summed E-state index contributed by atoms with van der Waals surface area (Å²) >= 11 is 0. The number of aryl methyl sites for hydroxylation is 1. The number of nitrogens with zero attached hydrogens (tertiary/aromatic N) is 1. The Bertz CT molecular complexity index is 896. The summed E-state index contributed by atoms with van der Waals surface area (Å²) in [6.07, 6.45) is 4.51. The molecule has 2 aromatic carbocycles. The van der Waals surface area contributed by atoms with E-state index in [9.17, 15) is 4.79 Å². The first-order valence-corrected chi connectivity index (χ1v) is 9.90. The van der Waals surface area contributed by atoms with Crippen LogP contribution in [0.25, 0.3) is 11.3 Å². The van der Waals surface area contributed by atoms with Gasteiger partial charge in [-0.1, -0.05) is 42.5 Å². The highest BCUT2D eigenvalue weighted by atomic mass is 16.5. The number of carboxylic acid groups (broad SMARTS) is 1. The number of ether oxygens (including phenoxy) is 1. The van der Waals surface area contributed by atoms with Gasteiger partial charge in [-0.25, -0.2) is 0 Å². The highest BCUT2D eigenvalue weighted by Gasteiger charge is 2.05. The van der Waals surface area contributed by atoms with E-state index in [0.29, 0.717) is 19.6 Å². The molecule has 1 aromatic heterocycles. The summed E-state index contributed by atoms with van der Waals surface area (Å²) in [5.41, 5.74) is 4.19. The predicted octanol–water partition coefficient (Wildman–Crippen LogP) is 5.04. The van der Waals surface area contributed by atoms with E-state index in [0.717, 1.165) is 35.5 Å². The van der Waals surface area contributed by atoms with E-state index in [-0.39, 0.29) is 6.42 Å². The summed E-state index contributed by atoms with van der Waals surface area (Å²) in [6.45, 7) is 1.21. The number of anilines is 1. The summed E-state index contributed by atoms with van der Waals surface area (Å²) < 4.78 is 5.82. The Kier molecular flexibility index (Phi) is 7.63. The smallest absolute Gasteiger partial charge is 0.303 e. The van der Waals surface area contributed by atoms with E-state index in [1.807, 2.05) is 66.7 Å². The van der Waals surface area contributed by atoms with Crippen LogP contribution in [-0.2, 0) is 11.2 Å². The zero-order valence-corrected chi connectivity index (χ0v) is 16.4. The molecule has 1 heterocycles. The largest absolute Gasteiger partial charge is 0.492 e. The summed E-state index contributed by atoms with van der Waals surface area (Å²) in [4.78, 5) is 15.0. The number of aromatic nitrogens is 1. The van der Waals surface area contributed by atoms with Crippen LogP contribution in [0.5, 0.6) is 5.75 Å². The number of pyridine rings is 1. The zero-order valence-electron chi connectivity index (χ0n) is 16.4. The standard InChI is InChI=1S/C24H26N2O3/c27-23(28)11-5-4-7-19-12-14-21(15-13-19)29-18-17-25-22-10-6-16-26-24(22)20-8-2-1-3-9-20/h1-3,6,8-10,12-16,25H,4-5,7,11,17-18H2,(H,27,28). The number of hydrogen-bond donors (Lipinski definition) is 2. The van der Waals surface area contributed by atoms with Gasteiger partial charge in [-0.15, -0.1) is 0 Å². The lowest BCUT2D eigenvalue weighted by Gasteiger charge is -2.12. The highest BCUT2D eigenvalue weighted by Crippen LogP contribution is 2.24. The number of hydrogen-bond acceptors (Lipinski definition) is 4. The topological polar surface area (TPSA) is 71.5 Å². The van der Waals surface area contributed by atoms with E-state index in [1.165, 1.54) is 5.56 Å². The molecule has 3 aromatic rings. The Labute approximate surface area is 171 Å². The lowest BCUT2D eigenvalue weighted by Crippen LogP contribution is -2.12. The SMILES string of the molecule is O=C(O)CCCCc1ccc(OCCNc2cccnc2-c2ccccc2)cc1. The van der Waals surface area contributed by atoms with Gasteiger partial charge in [-0.3, -0.25) is 9.78 Å². The van der Waals surface area contributed by atoms with E-state index >= 15 is 0 Å². The van der Waals surface area contributed by atoms with Crippen molar-refractivity contribution in [1.82, 2.24) is 4.98 Å². The van der Waals surface area contributed by atoms with E-state index in [2.05, 4.69) is 10.3 Å². The average Bonchev–Trinajstić information content (AvgIpc) is 2.76. The molecule has 0 aliphatic rings. The van der Waals surface area contributed by atoms with Crippen molar-refractivity contribution in [3.05, 3.63) is 78.5 Å². The summed E-state index contributed by atoms with van der Waals surface area (Å²) in [5.74, 6) is 0.0973. The molecule has 0 radical (unpaired) electrons. The third-order valence-electron chi connectivity index (χ3n) is 4.57. The molecule has 29 heavy (non-hydrogen) atoms. The van der Waals surface area contributed by atoms with Gasteiger partial charge in [0, 0.05) is 24.7 Å². The molecule has 0 spiro atoms. The van der Waals surface area contributed by atoms with Crippen LogP contribution in [-0.4, -0.2) is 29.2 Å². The second kappa shape index (κ2) is 10.9. The number of carboxylic acids is 1. The second-order valence-electron chi connectivity index (χ2n) is 6.79. The Balaban J connectivity index is 1.44. The molecule has 0 bridgehead atoms. The summed E-state index contributed by atoms with van der Waals surface area (Å²) in [7, 11) is 0. The predicted molar refractivity (Wildman–Crippen MR) is 115 cm³/mol. The molecule has 150 valence electrons. The van der Waals surface area contributed by atoms with Crippen LogP contribution in [0.1, 0.15) is 24.8 Å². The number of carbonyl (C=O) groups is 1. The molecule has 5 heteroatoms. The zero-order chi connectivity index (χ0) is 20.3. The van der Waals surface area contributed by atoms with Gasteiger partial charge >= 0.3 is 5.97 Å². The van der Waals surface area contributed by atoms with E-state index in [4.69, 9.17) is 9.84 Å². The van der Waals surface area contributed by atoms with Crippen molar-refractivity contribution in [1.29, 1.82) is 0 Å². The van der Waals surface area contributed by atoms with Crippen LogP contribution in [0.15, 0.2) is 72.9 Å². The molecule has 0 saturated heterocycles. The van der Waals surface area contributed by atoms with Crippen LogP contribution in [0.4, 0.5) is 5.69 Å². The lowest BCUT2D eigenvalue weighted by atomic mass is 10.1. The van der Waals surface area contributed by atoms with Crippen molar-refractivity contribution >= 4 is 11.7 Å². The molecule has 5 nitrogen and oxygen atoms in total. The van der Waals surface area contributed by atoms with Gasteiger partial charge < -0.3 is 15.2 Å². The van der Waals surface area contributed by atoms with Crippen LogP contribution in [0.3, 0.4) is 0 Å². The van der Waals surface area contributed by atoms with Crippen LogP contribution >= 0.6 is 0 Å². The molecule has 0 aliphatic heterocycles. The monoisotopic (exact) mass is 390 g/mol. The average molecular weight is 390 g/mol. The maximum absolute atomic E-state index is 10.5. The second-order valence-corrected chi connectivity index (χ2v) is 6.79. The number of benzene rings is 2. The first-order chi connectivity index (χ1) is 14.2. The minimum absolute atomic E-state index is 0.233. The van der Waals surface area contributed by atoms with Gasteiger partial charge in [-0.2, -0.15) is 0 Å². The highest BCUT2D eigenvalue weighted by molar-refractivity contribution is 5.73. The lowest BCUT2D eigenvalue weighted by molar-refractivity contribution is -0.137. The van der Waals surface area contributed by atoms with Crippen molar-refractivity contribution in [2.75, 3.05) is 18.5 Å². The number of nitrogens with one attached hydrogen (secondary N) is 1. The first-order valence-electron chi connectivity index (χ1n) is 9.90. The van der Waals surface area contributed by atoms with Gasteiger partial charge in [0.05, 0.1) is 11.4 Å². The Morgan fingerprint density at radius 2 is 1.76 bits per heavy atom. The van der Waals surface area contributed by atoms with Crippen molar-refractivity contribution in [2.45, 2.75) is 25.7 Å². The molecule has 0 saturated carbocycles. The van der Waals surface area contributed by atoms with Crippen LogP contribution < -0.4 is 10.1 Å². The summed E-state index contributed by atoms with van der Waals surface area (Å²) in [6, 6.07) is 22.1. The van der Waals surface area contributed by atoms with Crippen molar-refractivity contribution in [3.63, 3.8) is 0 Å². The van der Waals surface area contributed by atoms with Gasteiger partial charge in [0.1, 0.15) is 12.4 Å². The maximum atomic E-state index is 10.5. The molecular weight excluding hydrogens is 364 g/mol. The van der Waals surface area contributed by atoms with Gasteiger partial charge in [0.15, 0.2) is 0 Å². The fourth-order valence-electron chi connectivity index (χ4n) is 3.09. The van der Waals surface area contributed by atoms with E-state index < -0.39 is 5.97 Å². The fraction of sp³-hybridized carbons (Fsp3) is 0.250. The molecule has 0 atom stereocenters. The normalized spacial score (nSPS) is 10.5. The van der Waals surface area contributed by atoms with Gasteiger partial charge in [-0.05, 0) is 49.1 Å². The van der Waals surface area contributed by atoms with Crippen molar-refractivity contribution < 1.29 is 14.6 Å². The minimum atomic E-state index is -0.732. The molecule has 0 fully saturated rings. The van der Waals surface area contributed by atoms with Crippen molar-refractivity contribution in [2.24, 2.45) is 0 Å². The van der Waals surface area contributed by atoms with Crippen molar-refractivity contribution in [3.8, 4) is 17.0 Å². The molecule has 0 aliphatic carbocycles. The maximum Gasteiger partial charge on any atom is 0.303 e. The van der Waals surface area contributed by atoms with E-state index in [1.54, 1.807) is 6.20 Å². The molecule has 0 unspecified atom stereocenters. The quantitative estimate of drug-likeness (QED) is 0.449. The third kappa shape index (κ3) is 6.64. The minimum Gasteiger partial charge on any atom is -0.492 e. The molecule has 0 amide bonds. The fourth-order valence-corrected chi connectivity index (χ4v) is 3.09. The van der Waals surface area contributed by atoms with Crippen LogP contribution in [0.2, 0.25) is 0 Å². The molecular formula is C24H26N2O3. The molecule has 2 N–H and O–H groups in total. The Hall–Kier alpha value is -3.34. The first kappa shape index (κ1) is 20.4. The number of aliphatic carboxylic acids is 1. The van der Waals surface area contributed by atoms with Gasteiger partial charge in [0.2, 0.25) is 0 Å². The summed E-state index contributed by atoms with van der Waals surface area (Å²) in [5, 5.41) is 12.1.